The Morgan fingerprint density at radius 1 is 1.10 bits per heavy atom. The van der Waals surface area contributed by atoms with E-state index in [-0.39, 0.29) is 6.10 Å². The van der Waals surface area contributed by atoms with Crippen molar-refractivity contribution in [3.63, 3.8) is 0 Å². The smallest absolute Gasteiger partial charge is 0.0922 e. The monoisotopic (exact) mass is 276 g/mol. The van der Waals surface area contributed by atoms with Crippen LogP contribution in [-0.2, 0) is 0 Å². The first-order valence-corrected chi connectivity index (χ1v) is 7.69. The van der Waals surface area contributed by atoms with E-state index in [2.05, 4.69) is 44.0 Å². The van der Waals surface area contributed by atoms with E-state index >= 15 is 0 Å². The third-order valence-electron chi connectivity index (χ3n) is 4.62. The van der Waals surface area contributed by atoms with Gasteiger partial charge < -0.3 is 10.4 Å². The third kappa shape index (κ3) is 3.40. The summed E-state index contributed by atoms with van der Waals surface area (Å²) >= 11 is 0. The highest BCUT2D eigenvalue weighted by Gasteiger charge is 2.19. The Hall–Kier alpha value is -0.900. The zero-order valence-corrected chi connectivity index (χ0v) is 13.3. The molecular weight excluding hydrogens is 248 g/mol. The standard InChI is InChI=1S/C17H28N2O/c1-12-10-13(2)15(4)17(14(12)3)16(20)11-19-8-5-6-18-7-9-19/h10,16,18,20H,5-9,11H2,1-4H3. The van der Waals surface area contributed by atoms with Gasteiger partial charge in [0.25, 0.3) is 0 Å². The second-order valence-corrected chi connectivity index (χ2v) is 6.09. The van der Waals surface area contributed by atoms with Crippen LogP contribution in [0.2, 0.25) is 0 Å². The molecule has 0 aromatic heterocycles. The third-order valence-corrected chi connectivity index (χ3v) is 4.62. The van der Waals surface area contributed by atoms with E-state index in [0.29, 0.717) is 0 Å². The van der Waals surface area contributed by atoms with E-state index in [1.54, 1.807) is 0 Å². The number of aryl methyl sites for hydroxylation is 2. The summed E-state index contributed by atoms with van der Waals surface area (Å²) in [5.41, 5.74) is 6.18. The van der Waals surface area contributed by atoms with Crippen LogP contribution < -0.4 is 5.32 Å². The van der Waals surface area contributed by atoms with Gasteiger partial charge in [-0.05, 0) is 75.0 Å². The van der Waals surface area contributed by atoms with E-state index in [9.17, 15) is 5.11 Å². The minimum Gasteiger partial charge on any atom is -0.387 e. The van der Waals surface area contributed by atoms with Gasteiger partial charge in [-0.25, -0.2) is 0 Å². The normalized spacial score (nSPS) is 18.9. The molecule has 1 heterocycles. The van der Waals surface area contributed by atoms with Crippen molar-refractivity contribution < 1.29 is 5.11 Å². The van der Waals surface area contributed by atoms with Crippen LogP contribution in [0.15, 0.2) is 6.07 Å². The Labute approximate surface area is 123 Å². The lowest BCUT2D eigenvalue weighted by Crippen LogP contribution is -2.32. The van der Waals surface area contributed by atoms with E-state index in [0.717, 1.165) is 44.7 Å². The molecule has 3 heteroatoms. The number of hydrogen-bond acceptors (Lipinski definition) is 3. The number of nitrogens with one attached hydrogen (secondary N) is 1. The minimum absolute atomic E-state index is 0.383. The van der Waals surface area contributed by atoms with Gasteiger partial charge >= 0.3 is 0 Å². The minimum atomic E-state index is -0.383. The van der Waals surface area contributed by atoms with Gasteiger partial charge in [-0.1, -0.05) is 6.07 Å². The van der Waals surface area contributed by atoms with Crippen LogP contribution in [0, 0.1) is 27.7 Å². The molecule has 1 aliphatic rings. The Morgan fingerprint density at radius 3 is 2.40 bits per heavy atom. The van der Waals surface area contributed by atoms with Crippen LogP contribution in [0.5, 0.6) is 0 Å². The molecule has 2 N–H and O–H groups in total. The molecule has 2 rings (SSSR count). The molecule has 0 amide bonds. The Kier molecular flexibility index (Phi) is 5.19. The summed E-state index contributed by atoms with van der Waals surface area (Å²) in [5.74, 6) is 0. The van der Waals surface area contributed by atoms with E-state index in [4.69, 9.17) is 0 Å². The molecular formula is C17H28N2O. The molecule has 1 saturated heterocycles. The molecule has 0 spiro atoms. The Morgan fingerprint density at radius 2 is 1.75 bits per heavy atom. The molecule has 3 nitrogen and oxygen atoms in total. The summed E-state index contributed by atoms with van der Waals surface area (Å²) in [4.78, 5) is 2.38. The van der Waals surface area contributed by atoms with Gasteiger partial charge in [-0.2, -0.15) is 0 Å². The highest BCUT2D eigenvalue weighted by Crippen LogP contribution is 2.28. The van der Waals surface area contributed by atoms with Crippen LogP contribution in [0.1, 0.15) is 40.3 Å². The molecule has 1 atom stereocenters. The number of rotatable bonds is 3. The highest BCUT2D eigenvalue weighted by molar-refractivity contribution is 5.45. The fourth-order valence-corrected chi connectivity index (χ4v) is 3.17. The van der Waals surface area contributed by atoms with Gasteiger partial charge in [0.05, 0.1) is 6.10 Å². The summed E-state index contributed by atoms with van der Waals surface area (Å²) in [7, 11) is 0. The lowest BCUT2D eigenvalue weighted by molar-refractivity contribution is 0.115. The lowest BCUT2D eigenvalue weighted by Gasteiger charge is -2.26. The summed E-state index contributed by atoms with van der Waals surface area (Å²) in [6, 6.07) is 2.22. The van der Waals surface area contributed by atoms with E-state index < -0.39 is 0 Å². The Bertz CT molecular complexity index is 436. The number of hydrogen-bond donors (Lipinski definition) is 2. The molecule has 1 aromatic rings. The maximum absolute atomic E-state index is 10.7. The van der Waals surface area contributed by atoms with Crippen molar-refractivity contribution in [3.8, 4) is 0 Å². The van der Waals surface area contributed by atoms with Crippen LogP contribution >= 0.6 is 0 Å². The zero-order valence-electron chi connectivity index (χ0n) is 13.3. The average molecular weight is 276 g/mol. The molecule has 1 unspecified atom stereocenters. The van der Waals surface area contributed by atoms with E-state index in [1.165, 1.54) is 22.3 Å². The van der Waals surface area contributed by atoms with Gasteiger partial charge in [-0.3, -0.25) is 4.90 Å². The second-order valence-electron chi connectivity index (χ2n) is 6.09. The number of nitrogens with zero attached hydrogens (tertiary/aromatic N) is 1. The summed E-state index contributed by atoms with van der Waals surface area (Å²) in [6.45, 7) is 13.5. The molecule has 112 valence electrons. The first kappa shape index (κ1) is 15.5. The van der Waals surface area contributed by atoms with Crippen molar-refractivity contribution in [2.45, 2.75) is 40.2 Å². The maximum atomic E-state index is 10.7. The molecule has 0 aliphatic carbocycles. The molecule has 1 fully saturated rings. The number of β-amino-alcohol motifs (C(OH)–C–C–N with tert-alkyl or cyclic N) is 1. The van der Waals surface area contributed by atoms with Crippen molar-refractivity contribution in [1.82, 2.24) is 10.2 Å². The lowest BCUT2D eigenvalue weighted by atomic mass is 9.90. The molecule has 20 heavy (non-hydrogen) atoms. The van der Waals surface area contributed by atoms with Crippen LogP contribution in [0.4, 0.5) is 0 Å². The fourth-order valence-electron chi connectivity index (χ4n) is 3.17. The average Bonchev–Trinajstić information content (AvgIpc) is 2.65. The molecule has 1 aromatic carbocycles. The van der Waals surface area contributed by atoms with Crippen molar-refractivity contribution in [1.29, 1.82) is 0 Å². The first-order chi connectivity index (χ1) is 9.50. The number of aliphatic hydroxyl groups is 1. The fraction of sp³-hybridized carbons (Fsp3) is 0.647. The quantitative estimate of drug-likeness (QED) is 0.889. The first-order valence-electron chi connectivity index (χ1n) is 7.69. The van der Waals surface area contributed by atoms with Gasteiger partial charge in [-0.15, -0.1) is 0 Å². The van der Waals surface area contributed by atoms with Crippen LogP contribution in [0.25, 0.3) is 0 Å². The van der Waals surface area contributed by atoms with Gasteiger partial charge in [0.2, 0.25) is 0 Å². The second kappa shape index (κ2) is 6.70. The Balaban J connectivity index is 2.18. The number of benzene rings is 1. The van der Waals surface area contributed by atoms with Gasteiger partial charge in [0.1, 0.15) is 0 Å². The maximum Gasteiger partial charge on any atom is 0.0922 e. The van der Waals surface area contributed by atoms with Crippen LogP contribution in [0.3, 0.4) is 0 Å². The highest BCUT2D eigenvalue weighted by atomic mass is 16.3. The SMILES string of the molecule is Cc1cc(C)c(C)c(C(O)CN2CCCNCC2)c1C. The van der Waals surface area contributed by atoms with Gasteiger partial charge in [0.15, 0.2) is 0 Å². The zero-order chi connectivity index (χ0) is 14.7. The van der Waals surface area contributed by atoms with Crippen molar-refractivity contribution >= 4 is 0 Å². The van der Waals surface area contributed by atoms with E-state index in [1.807, 2.05) is 0 Å². The van der Waals surface area contributed by atoms with Crippen molar-refractivity contribution in [2.75, 3.05) is 32.7 Å². The molecule has 0 bridgehead atoms. The summed E-state index contributed by atoms with van der Waals surface area (Å²) < 4.78 is 0. The van der Waals surface area contributed by atoms with Crippen LogP contribution in [-0.4, -0.2) is 42.7 Å². The summed E-state index contributed by atoms with van der Waals surface area (Å²) in [6.07, 6.45) is 0.782. The topological polar surface area (TPSA) is 35.5 Å². The predicted octanol–water partition coefficient (Wildman–Crippen LogP) is 2.25. The van der Waals surface area contributed by atoms with Crippen molar-refractivity contribution in [3.05, 3.63) is 33.9 Å². The number of aliphatic hydroxyl groups excluding tert-OH is 1. The molecule has 0 radical (unpaired) electrons. The largest absolute Gasteiger partial charge is 0.387 e. The molecule has 1 aliphatic heterocycles. The molecule has 0 saturated carbocycles. The predicted molar refractivity (Wildman–Crippen MR) is 84.3 cm³/mol. The van der Waals surface area contributed by atoms with Gasteiger partial charge in [0, 0.05) is 19.6 Å². The van der Waals surface area contributed by atoms with Crippen molar-refractivity contribution in [2.24, 2.45) is 0 Å². The summed E-state index contributed by atoms with van der Waals surface area (Å²) in [5, 5.41) is 14.1.